The number of unbranched alkanes of at least 4 members (excludes halogenated alkanes) is 9. The van der Waals surface area contributed by atoms with Crippen LogP contribution < -0.4 is 33.7 Å². The Kier molecular flexibility index (Phi) is 29.1. The molecule has 0 radical (unpaired) electrons. The molecule has 0 aliphatic heterocycles. The topological polar surface area (TPSA) is 189 Å². The van der Waals surface area contributed by atoms with Crippen LogP contribution in [-0.2, 0) is 38.4 Å². The predicted octanol–water partition coefficient (Wildman–Crippen LogP) is 14.9. The van der Waals surface area contributed by atoms with Crippen molar-refractivity contribution in [3.05, 3.63) is 109 Å². The summed E-state index contributed by atoms with van der Waals surface area (Å²) >= 11 is 7.15. The summed E-state index contributed by atoms with van der Waals surface area (Å²) in [6.45, 7) is 8.94. The van der Waals surface area contributed by atoms with Gasteiger partial charge in [-0.15, -0.1) is 11.6 Å². The first-order valence-corrected chi connectivity index (χ1v) is 31.8. The summed E-state index contributed by atoms with van der Waals surface area (Å²) in [5.74, 6) is 2.29. The molecular weight excluding hydrogens is 1130 g/mol. The molecule has 0 spiro atoms. The van der Waals surface area contributed by atoms with Crippen molar-refractivity contribution in [2.75, 3.05) is 57.1 Å². The minimum Gasteiger partial charge on any atom is -0.494 e. The van der Waals surface area contributed by atoms with Crippen molar-refractivity contribution in [2.45, 2.75) is 142 Å². The van der Waals surface area contributed by atoms with E-state index in [2.05, 4.69) is 19.6 Å². The molecule has 1 aromatic heterocycles. The Morgan fingerprint density at radius 2 is 1.16 bits per heavy atom. The number of fused-ring (bicyclic) bond motifs is 1. The van der Waals surface area contributed by atoms with Crippen molar-refractivity contribution in [2.24, 2.45) is 28.8 Å². The first-order chi connectivity index (χ1) is 41.7. The van der Waals surface area contributed by atoms with Crippen LogP contribution in [0.2, 0.25) is 0 Å². The minimum absolute atomic E-state index is 0.171. The molecule has 4 aromatic carbocycles. The van der Waals surface area contributed by atoms with Crippen LogP contribution in [0.4, 0.5) is 5.13 Å². The quantitative estimate of drug-likeness (QED) is 0.00527. The number of alkyl halides is 1. The number of carbonyl (C=O) groups excluding carboxylic acids is 4. The van der Waals surface area contributed by atoms with Crippen LogP contribution in [0.1, 0.15) is 147 Å². The van der Waals surface area contributed by atoms with Gasteiger partial charge in [-0.3, -0.25) is 14.4 Å². The van der Waals surface area contributed by atoms with Crippen molar-refractivity contribution in [3.63, 3.8) is 0 Å². The molecule has 0 saturated heterocycles. The SMILES string of the molecule is C=CC(=O)OCCCCCCOc1ccc(OOCC2CCC(C(=O)Oc3ccc(OOCC4CCC(C(=O)Oc5ccc(OCCCCCCOC(=O)CCCl)cc5)CC4)c(/C=N/N(CCCCCC)c4nc5ccccc5s4)c3)CC2)cc1. The van der Waals surface area contributed by atoms with Gasteiger partial charge >= 0.3 is 23.9 Å². The fourth-order valence-corrected chi connectivity index (χ4v) is 11.0. The van der Waals surface area contributed by atoms with E-state index in [0.29, 0.717) is 106 Å². The van der Waals surface area contributed by atoms with Gasteiger partial charge in [-0.25, -0.2) is 14.8 Å². The Morgan fingerprint density at radius 3 is 1.76 bits per heavy atom. The minimum atomic E-state index is -0.392. The summed E-state index contributed by atoms with van der Waals surface area (Å²) in [5.41, 5.74) is 1.48. The van der Waals surface area contributed by atoms with E-state index in [0.717, 1.165) is 124 Å². The molecule has 2 aliphatic carbocycles. The van der Waals surface area contributed by atoms with Gasteiger partial charge in [0.25, 0.3) is 0 Å². The highest BCUT2D eigenvalue weighted by molar-refractivity contribution is 7.22. The van der Waals surface area contributed by atoms with Gasteiger partial charge in [-0.2, -0.15) is 14.9 Å². The van der Waals surface area contributed by atoms with Crippen molar-refractivity contribution >= 4 is 68.4 Å². The molecule has 7 rings (SSSR count). The Bertz CT molecular complexity index is 2780. The number of carbonyl (C=O) groups is 4. The third kappa shape index (κ3) is 23.9. The largest absolute Gasteiger partial charge is 0.494 e. The average molecular weight is 1210 g/mol. The summed E-state index contributed by atoms with van der Waals surface area (Å²) in [4.78, 5) is 77.7. The number of nitrogens with zero attached hydrogens (tertiary/aromatic N) is 3. The van der Waals surface area contributed by atoms with E-state index in [-0.39, 0.29) is 53.9 Å². The van der Waals surface area contributed by atoms with Crippen molar-refractivity contribution in [1.82, 2.24) is 4.98 Å². The lowest BCUT2D eigenvalue weighted by Crippen LogP contribution is -2.27. The van der Waals surface area contributed by atoms with E-state index in [1.807, 2.05) is 59.6 Å². The van der Waals surface area contributed by atoms with Crippen LogP contribution in [0.15, 0.2) is 109 Å². The number of esters is 4. The number of ether oxygens (including phenoxy) is 6. The van der Waals surface area contributed by atoms with E-state index >= 15 is 0 Å². The maximum absolute atomic E-state index is 13.7. The van der Waals surface area contributed by atoms with E-state index < -0.39 is 5.97 Å². The summed E-state index contributed by atoms with van der Waals surface area (Å²) in [6, 6.07) is 27.7. The number of thiazole rings is 1. The molecule has 17 nitrogen and oxygen atoms in total. The third-order valence-corrected chi connectivity index (χ3v) is 16.2. The molecule has 0 atom stereocenters. The average Bonchev–Trinajstić information content (AvgIpc) is 4.22. The Morgan fingerprint density at radius 1 is 0.624 bits per heavy atom. The monoisotopic (exact) mass is 1210 g/mol. The van der Waals surface area contributed by atoms with E-state index in [1.54, 1.807) is 47.9 Å². The number of para-hydroxylation sites is 1. The van der Waals surface area contributed by atoms with Gasteiger partial charge in [0.05, 0.1) is 74.3 Å². The second-order valence-electron chi connectivity index (χ2n) is 21.6. The fraction of sp³-hybridized carbons (Fsp3) is 0.515. The van der Waals surface area contributed by atoms with Crippen LogP contribution in [0.25, 0.3) is 10.2 Å². The molecule has 0 N–H and O–H groups in total. The number of rotatable bonds is 39. The standard InChI is InChI=1S/C66H84ClN3O14S/c1-3-5-6-13-40-70(66-69-59-18-11-12-19-61(59)85-66)68-46-53-45-58(82-65(74)52-26-20-49(21-27-52)47-79-83-57-34-30-55(31-35-57)76-42-14-7-9-16-43-77-62(71)4-2)36-37-60(53)84-80-48-50-22-24-51(25-23-50)64(73)81-56-32-28-54(29-33-56)75-41-15-8-10-17-44-78-63(72)38-39-67/h4,11-12,18-19,28-37,45-46,49-52H,2-3,5-10,13-17,20-27,38-44,47-48H2,1H3/b68-46+. The lowest BCUT2D eigenvalue weighted by atomic mass is 9.82. The number of hydrogen-bond donors (Lipinski definition) is 0. The van der Waals surface area contributed by atoms with Crippen molar-refractivity contribution < 1.29 is 67.1 Å². The zero-order chi connectivity index (χ0) is 59.7. The Hall–Kier alpha value is -6.73. The third-order valence-electron chi connectivity index (χ3n) is 15.0. The molecule has 2 fully saturated rings. The van der Waals surface area contributed by atoms with Gasteiger partial charge in [0.2, 0.25) is 5.13 Å². The van der Waals surface area contributed by atoms with Crippen LogP contribution in [0.5, 0.6) is 34.5 Å². The van der Waals surface area contributed by atoms with E-state index in [4.69, 9.17) is 69.7 Å². The molecule has 0 bridgehead atoms. The molecule has 1 heterocycles. The molecule has 0 amide bonds. The number of hydrogen-bond acceptors (Lipinski definition) is 18. The first-order valence-electron chi connectivity index (χ1n) is 30.5. The first kappa shape index (κ1) is 65.8. The van der Waals surface area contributed by atoms with E-state index in [9.17, 15) is 19.2 Å². The second-order valence-corrected chi connectivity index (χ2v) is 23.0. The number of aromatic nitrogens is 1. The van der Waals surface area contributed by atoms with Gasteiger partial charge in [0.15, 0.2) is 11.5 Å². The molecule has 0 unspecified atom stereocenters. The maximum atomic E-state index is 13.7. The van der Waals surface area contributed by atoms with E-state index in [1.165, 1.54) is 6.08 Å². The van der Waals surface area contributed by atoms with Crippen molar-refractivity contribution in [1.29, 1.82) is 0 Å². The summed E-state index contributed by atoms with van der Waals surface area (Å²) in [7, 11) is 0. The van der Waals surface area contributed by atoms with Gasteiger partial charge in [0.1, 0.15) is 23.0 Å². The molecule has 85 heavy (non-hydrogen) atoms. The molecule has 5 aromatic rings. The van der Waals surface area contributed by atoms with Gasteiger partial charge in [-0.05, 0) is 200 Å². The van der Waals surface area contributed by atoms with Crippen molar-refractivity contribution in [3.8, 4) is 34.5 Å². The van der Waals surface area contributed by atoms with Crippen LogP contribution >= 0.6 is 22.9 Å². The second kappa shape index (κ2) is 37.6. The summed E-state index contributed by atoms with van der Waals surface area (Å²) in [5, 5.41) is 7.69. The zero-order valence-corrected chi connectivity index (χ0v) is 50.8. The number of halogens is 1. The molecule has 2 saturated carbocycles. The summed E-state index contributed by atoms with van der Waals surface area (Å²) in [6.07, 6.45) is 20.3. The molecule has 2 aliphatic rings. The van der Waals surface area contributed by atoms with Gasteiger partial charge in [0, 0.05) is 24.1 Å². The lowest BCUT2D eigenvalue weighted by Gasteiger charge is -2.27. The molecule has 460 valence electrons. The van der Waals surface area contributed by atoms with Crippen LogP contribution in [0.3, 0.4) is 0 Å². The Labute approximate surface area is 509 Å². The van der Waals surface area contributed by atoms with Crippen LogP contribution in [0, 0.1) is 23.7 Å². The molecule has 19 heteroatoms. The van der Waals surface area contributed by atoms with Gasteiger partial charge < -0.3 is 38.2 Å². The maximum Gasteiger partial charge on any atom is 0.330 e. The number of hydrazone groups is 1. The zero-order valence-electron chi connectivity index (χ0n) is 49.2. The van der Waals surface area contributed by atoms with Crippen LogP contribution in [-0.4, -0.2) is 87.1 Å². The molecular formula is C66H84ClN3O14S. The summed E-state index contributed by atoms with van der Waals surface area (Å²) < 4.78 is 34.8. The Balaban J connectivity index is 0.856. The smallest absolute Gasteiger partial charge is 0.330 e. The lowest BCUT2D eigenvalue weighted by molar-refractivity contribution is -0.218. The van der Waals surface area contributed by atoms with Gasteiger partial charge in [-0.1, -0.05) is 56.2 Å². The highest BCUT2D eigenvalue weighted by atomic mass is 35.5. The normalized spacial score (nSPS) is 16.8. The number of benzene rings is 4. The highest BCUT2D eigenvalue weighted by Gasteiger charge is 2.30. The highest BCUT2D eigenvalue weighted by Crippen LogP contribution is 2.35. The number of anilines is 1. The predicted molar refractivity (Wildman–Crippen MR) is 329 cm³/mol. The fourth-order valence-electron chi connectivity index (χ4n) is 9.94.